The largest absolute Gasteiger partial charge is 0.481 e. The Morgan fingerprint density at radius 1 is 1.12 bits per heavy atom. The van der Waals surface area contributed by atoms with Crippen LogP contribution in [0.2, 0.25) is 0 Å². The minimum Gasteiger partial charge on any atom is -0.481 e. The predicted molar refractivity (Wildman–Crippen MR) is 152 cm³/mol. The Morgan fingerprint density at radius 3 is 2.38 bits per heavy atom. The van der Waals surface area contributed by atoms with Crippen molar-refractivity contribution in [1.82, 2.24) is 20.5 Å². The van der Waals surface area contributed by atoms with E-state index in [1.165, 1.54) is 4.90 Å². The fourth-order valence-corrected chi connectivity index (χ4v) is 5.63. The van der Waals surface area contributed by atoms with Crippen molar-refractivity contribution in [3.8, 4) is 10.4 Å². The summed E-state index contributed by atoms with van der Waals surface area (Å²) in [6.45, 7) is 7.84. The van der Waals surface area contributed by atoms with E-state index in [1.54, 1.807) is 11.3 Å². The van der Waals surface area contributed by atoms with E-state index in [0.717, 1.165) is 21.7 Å². The van der Waals surface area contributed by atoms with Crippen molar-refractivity contribution in [1.29, 1.82) is 0 Å². The number of hydrogen-bond acceptors (Lipinski definition) is 7. The van der Waals surface area contributed by atoms with E-state index >= 15 is 0 Å². The van der Waals surface area contributed by atoms with Gasteiger partial charge in [-0.2, -0.15) is 0 Å². The van der Waals surface area contributed by atoms with Gasteiger partial charge < -0.3 is 25.7 Å². The molecule has 4 N–H and O–H groups in total. The number of aliphatic carboxylic acids is 1. The molecule has 3 amide bonds. The van der Waals surface area contributed by atoms with Crippen LogP contribution in [0.3, 0.4) is 0 Å². The van der Waals surface area contributed by atoms with Gasteiger partial charge in [0.15, 0.2) is 0 Å². The molecule has 40 heavy (non-hydrogen) atoms. The molecular weight excluding hydrogens is 532 g/mol. The van der Waals surface area contributed by atoms with Crippen LogP contribution in [0.1, 0.15) is 64.1 Å². The maximum Gasteiger partial charge on any atom is 0.303 e. The monoisotopic (exact) mass is 572 g/mol. The number of aliphatic hydroxyl groups is 1. The van der Waals surface area contributed by atoms with Crippen molar-refractivity contribution in [3.63, 3.8) is 0 Å². The second kappa shape index (κ2) is 13.8. The van der Waals surface area contributed by atoms with Crippen LogP contribution in [0.4, 0.5) is 0 Å². The van der Waals surface area contributed by atoms with Gasteiger partial charge >= 0.3 is 5.97 Å². The first-order valence-electron chi connectivity index (χ1n) is 13.6. The molecule has 1 aromatic heterocycles. The van der Waals surface area contributed by atoms with Crippen molar-refractivity contribution < 1.29 is 29.4 Å². The molecule has 1 saturated heterocycles. The summed E-state index contributed by atoms with van der Waals surface area (Å²) in [5.41, 5.74) is 4.12. The molecule has 0 bridgehead atoms. The van der Waals surface area contributed by atoms with E-state index in [1.807, 2.05) is 57.5 Å². The number of nitrogens with one attached hydrogen (secondary N) is 2. The van der Waals surface area contributed by atoms with Crippen LogP contribution in [0.25, 0.3) is 10.4 Å². The first kappa shape index (κ1) is 31.2. The van der Waals surface area contributed by atoms with E-state index in [-0.39, 0.29) is 49.6 Å². The van der Waals surface area contributed by atoms with Crippen molar-refractivity contribution in [3.05, 3.63) is 41.0 Å². The van der Waals surface area contributed by atoms with Gasteiger partial charge in [0.1, 0.15) is 12.1 Å². The van der Waals surface area contributed by atoms with Gasteiger partial charge in [-0.25, -0.2) is 4.98 Å². The Bertz CT molecular complexity index is 1190. The molecule has 1 unspecified atom stereocenters. The maximum absolute atomic E-state index is 13.7. The smallest absolute Gasteiger partial charge is 0.303 e. The Balaban J connectivity index is 1.65. The molecule has 3 atom stereocenters. The molecule has 0 aliphatic carbocycles. The summed E-state index contributed by atoms with van der Waals surface area (Å²) in [4.78, 5) is 57.2. The van der Waals surface area contributed by atoms with Gasteiger partial charge in [0.2, 0.25) is 17.7 Å². The Morgan fingerprint density at radius 2 is 1.80 bits per heavy atom. The molecular formula is C29H40N4O6S. The lowest BCUT2D eigenvalue weighted by atomic mass is 9.85. The highest BCUT2D eigenvalue weighted by Gasteiger charge is 2.44. The van der Waals surface area contributed by atoms with Gasteiger partial charge in [-0.15, -0.1) is 11.3 Å². The number of nitrogens with zero attached hydrogens (tertiary/aromatic N) is 2. The first-order chi connectivity index (χ1) is 18.9. The number of carboxylic acids is 1. The van der Waals surface area contributed by atoms with E-state index in [4.69, 9.17) is 5.11 Å². The minimum absolute atomic E-state index is 0.0159. The highest BCUT2D eigenvalue weighted by Crippen LogP contribution is 2.29. The van der Waals surface area contributed by atoms with Gasteiger partial charge in [0, 0.05) is 38.5 Å². The summed E-state index contributed by atoms with van der Waals surface area (Å²) in [5, 5.41) is 24.4. The number of rotatable bonds is 12. The molecule has 2 heterocycles. The van der Waals surface area contributed by atoms with Gasteiger partial charge in [0.25, 0.3) is 0 Å². The third-order valence-corrected chi connectivity index (χ3v) is 8.10. The van der Waals surface area contributed by atoms with Gasteiger partial charge in [-0.3, -0.25) is 19.2 Å². The molecule has 218 valence electrons. The standard InChI is InChI=1S/C29H40N4O6S/c1-18-25(40-17-31-18)21-11-9-19(10-12-21)14-30-27(38)22-13-20(16-34)15-33(22)28(39)26(29(2,3)4)32-23(35)7-5-6-8-24(36)37/h9-12,17,20,22,26,34H,5-8,13-16H2,1-4H3,(H,30,38)(H,32,35)(H,36,37)/t20?,22-,26+/m0/s1. The summed E-state index contributed by atoms with van der Waals surface area (Å²) < 4.78 is 0. The topological polar surface area (TPSA) is 149 Å². The SMILES string of the molecule is Cc1ncsc1-c1ccc(CNC(=O)[C@@H]2CC(CO)CN2C(=O)[C@@H](NC(=O)CCCCC(=O)O)C(C)(C)C)cc1. The molecule has 1 aromatic carbocycles. The first-order valence-corrected chi connectivity index (χ1v) is 14.5. The zero-order valence-corrected chi connectivity index (χ0v) is 24.4. The van der Waals surface area contributed by atoms with Crippen molar-refractivity contribution in [2.45, 2.75) is 78.4 Å². The van der Waals surface area contributed by atoms with E-state index in [2.05, 4.69) is 15.6 Å². The maximum atomic E-state index is 13.7. The lowest BCUT2D eigenvalue weighted by Crippen LogP contribution is -2.57. The quantitative estimate of drug-likeness (QED) is 0.286. The Kier molecular flexibility index (Phi) is 10.8. The van der Waals surface area contributed by atoms with Crippen molar-refractivity contribution in [2.24, 2.45) is 11.3 Å². The van der Waals surface area contributed by atoms with Gasteiger partial charge in [-0.1, -0.05) is 45.0 Å². The van der Waals surface area contributed by atoms with Crippen LogP contribution in [0, 0.1) is 18.3 Å². The van der Waals surface area contributed by atoms with Crippen LogP contribution in [0.5, 0.6) is 0 Å². The normalized spacial score (nSPS) is 17.9. The lowest BCUT2D eigenvalue weighted by Gasteiger charge is -2.35. The molecule has 1 fully saturated rings. The number of likely N-dealkylation sites (tertiary alicyclic amines) is 1. The second-order valence-corrected chi connectivity index (χ2v) is 12.3. The Labute approximate surface area is 239 Å². The molecule has 10 nitrogen and oxygen atoms in total. The number of benzene rings is 1. The fraction of sp³-hybridized carbons (Fsp3) is 0.552. The molecule has 0 spiro atoms. The average Bonchev–Trinajstić information content (AvgIpc) is 3.54. The highest BCUT2D eigenvalue weighted by molar-refractivity contribution is 7.13. The van der Waals surface area contributed by atoms with Crippen LogP contribution in [-0.2, 0) is 25.7 Å². The molecule has 11 heteroatoms. The summed E-state index contributed by atoms with van der Waals surface area (Å²) in [6.07, 6.45) is 1.19. The molecule has 2 aromatic rings. The second-order valence-electron chi connectivity index (χ2n) is 11.4. The molecule has 0 saturated carbocycles. The highest BCUT2D eigenvalue weighted by atomic mass is 32.1. The van der Waals surface area contributed by atoms with E-state index in [9.17, 15) is 24.3 Å². The number of unbranched alkanes of at least 4 members (excludes halogenated alkanes) is 1. The summed E-state index contributed by atoms with van der Waals surface area (Å²) >= 11 is 1.58. The van der Waals surface area contributed by atoms with E-state index in [0.29, 0.717) is 25.8 Å². The van der Waals surface area contributed by atoms with Gasteiger partial charge in [-0.05, 0) is 42.7 Å². The van der Waals surface area contributed by atoms with Crippen LogP contribution < -0.4 is 10.6 Å². The van der Waals surface area contributed by atoms with Crippen LogP contribution >= 0.6 is 11.3 Å². The molecule has 3 rings (SSSR count). The number of aliphatic hydroxyl groups excluding tert-OH is 1. The number of hydrogen-bond donors (Lipinski definition) is 4. The fourth-order valence-electron chi connectivity index (χ4n) is 4.82. The summed E-state index contributed by atoms with van der Waals surface area (Å²) in [6, 6.07) is 6.24. The zero-order valence-electron chi connectivity index (χ0n) is 23.6. The third-order valence-electron chi connectivity index (χ3n) is 7.12. The van der Waals surface area contributed by atoms with E-state index < -0.39 is 23.5 Å². The number of carbonyl (C=O) groups excluding carboxylic acids is 3. The number of aromatic nitrogens is 1. The number of amides is 3. The molecule has 1 aliphatic heterocycles. The third kappa shape index (κ3) is 8.34. The Hall–Kier alpha value is -3.31. The summed E-state index contributed by atoms with van der Waals surface area (Å²) in [5.74, 6) is -2.17. The van der Waals surface area contributed by atoms with Gasteiger partial charge in [0.05, 0.1) is 16.1 Å². The average molecular weight is 573 g/mol. The number of carboxylic acid groups (broad SMARTS) is 1. The summed E-state index contributed by atoms with van der Waals surface area (Å²) in [7, 11) is 0. The number of carbonyl (C=O) groups is 4. The number of thiazole rings is 1. The molecule has 0 radical (unpaired) electrons. The molecule has 1 aliphatic rings. The predicted octanol–water partition coefficient (Wildman–Crippen LogP) is 3.12. The zero-order chi connectivity index (χ0) is 29.4. The lowest BCUT2D eigenvalue weighted by molar-refractivity contribution is -0.144. The number of aryl methyl sites for hydroxylation is 1. The van der Waals surface area contributed by atoms with Crippen LogP contribution in [-0.4, -0.2) is 69.0 Å². The van der Waals surface area contributed by atoms with Crippen molar-refractivity contribution in [2.75, 3.05) is 13.2 Å². The minimum atomic E-state index is -0.914. The van der Waals surface area contributed by atoms with Crippen LogP contribution in [0.15, 0.2) is 29.8 Å². The van der Waals surface area contributed by atoms with Crippen molar-refractivity contribution >= 4 is 35.0 Å².